The van der Waals surface area contributed by atoms with Gasteiger partial charge >= 0.3 is 11.9 Å². The largest absolute Gasteiger partial charge is 0.481 e. The molecule has 32 heavy (non-hydrogen) atoms. The molecule has 1 saturated heterocycles. The lowest BCUT2D eigenvalue weighted by atomic mass is 10.0. The Morgan fingerprint density at radius 2 is 1.78 bits per heavy atom. The van der Waals surface area contributed by atoms with Crippen LogP contribution in [0.2, 0.25) is 0 Å². The van der Waals surface area contributed by atoms with Gasteiger partial charge in [0.1, 0.15) is 18.1 Å². The number of nitrogens with zero attached hydrogens (tertiary/aromatic N) is 1. The fourth-order valence-corrected chi connectivity index (χ4v) is 3.50. The first-order chi connectivity index (χ1) is 15.1. The third-order valence-electron chi connectivity index (χ3n) is 5.20. The summed E-state index contributed by atoms with van der Waals surface area (Å²) in [6.07, 6.45) is 0.441. The average molecular weight is 448 g/mol. The predicted molar refractivity (Wildman–Crippen MR) is 112 cm³/mol. The Hall–Kier alpha value is -3.47. The Balaban J connectivity index is 2.06. The van der Waals surface area contributed by atoms with Crippen LogP contribution in [0, 0.1) is 0 Å². The highest BCUT2D eigenvalue weighted by molar-refractivity contribution is 5.95. The Labute approximate surface area is 184 Å². The number of hydrogen-bond acceptors (Lipinski definition) is 6. The fourth-order valence-electron chi connectivity index (χ4n) is 3.50. The van der Waals surface area contributed by atoms with E-state index in [1.807, 2.05) is 30.3 Å². The van der Waals surface area contributed by atoms with Crippen molar-refractivity contribution in [2.45, 2.75) is 56.8 Å². The SMILES string of the molecule is CC(NC(=O)C(CC(=O)O)NC(=O)C1CCCN1C(=O)C(N)Cc1ccccc1)C(=O)O. The maximum Gasteiger partial charge on any atom is 0.325 e. The van der Waals surface area contributed by atoms with Crippen LogP contribution in [0.4, 0.5) is 0 Å². The molecule has 1 fully saturated rings. The van der Waals surface area contributed by atoms with Crippen molar-refractivity contribution in [2.24, 2.45) is 5.73 Å². The van der Waals surface area contributed by atoms with Gasteiger partial charge in [0, 0.05) is 6.54 Å². The number of nitrogens with two attached hydrogens (primary N) is 1. The molecule has 3 amide bonds. The number of carboxylic acids is 2. The van der Waals surface area contributed by atoms with Gasteiger partial charge in [0.05, 0.1) is 12.5 Å². The van der Waals surface area contributed by atoms with E-state index >= 15 is 0 Å². The lowest BCUT2D eigenvalue weighted by molar-refractivity contribution is -0.144. The molecule has 2 rings (SSSR count). The van der Waals surface area contributed by atoms with E-state index in [4.69, 9.17) is 15.9 Å². The number of aliphatic carboxylic acids is 2. The number of hydrogen-bond donors (Lipinski definition) is 5. The molecule has 1 aromatic rings. The Bertz CT molecular complexity index is 861. The van der Waals surface area contributed by atoms with Gasteiger partial charge in [-0.2, -0.15) is 0 Å². The standard InChI is InChI=1S/C21H28N4O7/c1-12(21(31)32)23-18(28)15(11-17(26)27)24-19(29)16-8-5-9-25(16)20(30)14(22)10-13-6-3-2-4-7-13/h2-4,6-7,12,14-16H,5,8-11,22H2,1H3,(H,23,28)(H,24,29)(H,26,27)(H,31,32). The number of rotatable bonds is 10. The summed E-state index contributed by atoms with van der Waals surface area (Å²) in [5, 5.41) is 22.5. The van der Waals surface area contributed by atoms with Crippen LogP contribution in [0.1, 0.15) is 31.7 Å². The second-order valence-corrected chi connectivity index (χ2v) is 7.71. The molecule has 0 saturated carbocycles. The molecule has 11 heteroatoms. The van der Waals surface area contributed by atoms with Gasteiger partial charge in [0.15, 0.2) is 0 Å². The van der Waals surface area contributed by atoms with Gasteiger partial charge in [-0.3, -0.25) is 24.0 Å². The zero-order chi connectivity index (χ0) is 23.8. The van der Waals surface area contributed by atoms with Crippen molar-refractivity contribution >= 4 is 29.7 Å². The van der Waals surface area contributed by atoms with Crippen LogP contribution in [0.3, 0.4) is 0 Å². The van der Waals surface area contributed by atoms with E-state index in [1.165, 1.54) is 11.8 Å². The Kier molecular flexibility index (Phi) is 8.71. The van der Waals surface area contributed by atoms with E-state index in [0.29, 0.717) is 25.8 Å². The molecule has 1 aromatic carbocycles. The van der Waals surface area contributed by atoms with Crippen molar-refractivity contribution in [1.82, 2.24) is 15.5 Å². The molecule has 1 aliphatic heterocycles. The summed E-state index contributed by atoms with van der Waals surface area (Å²) >= 11 is 0. The van der Waals surface area contributed by atoms with Crippen molar-refractivity contribution in [2.75, 3.05) is 6.54 Å². The first-order valence-corrected chi connectivity index (χ1v) is 10.3. The van der Waals surface area contributed by atoms with E-state index in [-0.39, 0.29) is 0 Å². The number of benzene rings is 1. The van der Waals surface area contributed by atoms with Crippen molar-refractivity contribution in [1.29, 1.82) is 0 Å². The molecule has 6 N–H and O–H groups in total. The normalized spacial score (nSPS) is 18.3. The summed E-state index contributed by atoms with van der Waals surface area (Å²) in [6.45, 7) is 1.52. The van der Waals surface area contributed by atoms with Gasteiger partial charge in [0.2, 0.25) is 17.7 Å². The molecular formula is C21H28N4O7. The van der Waals surface area contributed by atoms with Crippen LogP contribution in [0.5, 0.6) is 0 Å². The molecule has 1 aliphatic rings. The molecule has 0 spiro atoms. The smallest absolute Gasteiger partial charge is 0.325 e. The summed E-state index contributed by atoms with van der Waals surface area (Å²) in [7, 11) is 0. The van der Waals surface area contributed by atoms with Gasteiger partial charge in [-0.15, -0.1) is 0 Å². The maximum absolute atomic E-state index is 12.9. The fraction of sp³-hybridized carbons (Fsp3) is 0.476. The number of nitrogens with one attached hydrogen (secondary N) is 2. The third-order valence-corrected chi connectivity index (χ3v) is 5.20. The van der Waals surface area contributed by atoms with Gasteiger partial charge in [-0.05, 0) is 31.7 Å². The van der Waals surface area contributed by atoms with E-state index in [9.17, 15) is 24.0 Å². The van der Waals surface area contributed by atoms with Crippen molar-refractivity contribution < 1.29 is 34.2 Å². The summed E-state index contributed by atoms with van der Waals surface area (Å²) in [5.41, 5.74) is 6.94. The zero-order valence-corrected chi connectivity index (χ0v) is 17.7. The molecule has 0 bridgehead atoms. The molecule has 1 heterocycles. The summed E-state index contributed by atoms with van der Waals surface area (Å²) in [5.74, 6) is -4.69. The molecule has 4 atom stereocenters. The molecule has 0 aliphatic carbocycles. The Morgan fingerprint density at radius 3 is 2.38 bits per heavy atom. The van der Waals surface area contributed by atoms with Crippen LogP contribution >= 0.6 is 0 Å². The number of carboxylic acid groups (broad SMARTS) is 2. The van der Waals surface area contributed by atoms with Crippen molar-refractivity contribution in [3.05, 3.63) is 35.9 Å². The van der Waals surface area contributed by atoms with Crippen molar-refractivity contribution in [3.63, 3.8) is 0 Å². The second kappa shape index (κ2) is 11.2. The number of likely N-dealkylation sites (tertiary alicyclic amines) is 1. The van der Waals surface area contributed by atoms with E-state index in [0.717, 1.165) is 5.56 Å². The molecule has 11 nitrogen and oxygen atoms in total. The highest BCUT2D eigenvalue weighted by Gasteiger charge is 2.38. The van der Waals surface area contributed by atoms with Crippen LogP contribution in [0.15, 0.2) is 30.3 Å². The minimum atomic E-state index is -1.49. The summed E-state index contributed by atoms with van der Waals surface area (Å²) in [6, 6.07) is 4.68. The van der Waals surface area contributed by atoms with Gasteiger partial charge < -0.3 is 31.5 Å². The molecular weight excluding hydrogens is 420 g/mol. The van der Waals surface area contributed by atoms with Gasteiger partial charge in [-0.1, -0.05) is 30.3 Å². The highest BCUT2D eigenvalue weighted by Crippen LogP contribution is 2.19. The van der Waals surface area contributed by atoms with Gasteiger partial charge in [0.25, 0.3) is 0 Å². The lowest BCUT2D eigenvalue weighted by Crippen LogP contribution is -2.56. The zero-order valence-electron chi connectivity index (χ0n) is 17.7. The monoisotopic (exact) mass is 448 g/mol. The number of carbonyl (C=O) groups is 5. The minimum absolute atomic E-state index is 0.293. The van der Waals surface area contributed by atoms with E-state index in [2.05, 4.69) is 10.6 Å². The van der Waals surface area contributed by atoms with Crippen LogP contribution in [-0.2, 0) is 30.4 Å². The molecule has 0 radical (unpaired) electrons. The first-order valence-electron chi connectivity index (χ1n) is 10.3. The van der Waals surface area contributed by atoms with Crippen LogP contribution in [0.25, 0.3) is 0 Å². The van der Waals surface area contributed by atoms with E-state index < -0.39 is 60.2 Å². The highest BCUT2D eigenvalue weighted by atomic mass is 16.4. The summed E-state index contributed by atoms with van der Waals surface area (Å²) < 4.78 is 0. The first kappa shape index (κ1) is 24.8. The quantitative estimate of drug-likeness (QED) is 0.305. The topological polar surface area (TPSA) is 179 Å². The van der Waals surface area contributed by atoms with Crippen LogP contribution < -0.4 is 16.4 Å². The molecule has 0 aromatic heterocycles. The summed E-state index contributed by atoms with van der Waals surface area (Å²) in [4.78, 5) is 61.4. The predicted octanol–water partition coefficient (Wildman–Crippen LogP) is -0.904. The van der Waals surface area contributed by atoms with E-state index in [1.54, 1.807) is 0 Å². The lowest BCUT2D eigenvalue weighted by Gasteiger charge is -2.28. The minimum Gasteiger partial charge on any atom is -0.481 e. The number of carbonyl (C=O) groups excluding carboxylic acids is 3. The number of amides is 3. The van der Waals surface area contributed by atoms with Gasteiger partial charge in [-0.25, -0.2) is 0 Å². The molecule has 4 unspecified atom stereocenters. The second-order valence-electron chi connectivity index (χ2n) is 7.71. The van der Waals surface area contributed by atoms with Crippen molar-refractivity contribution in [3.8, 4) is 0 Å². The maximum atomic E-state index is 12.9. The molecule has 174 valence electrons. The third kappa shape index (κ3) is 6.77. The van der Waals surface area contributed by atoms with Crippen LogP contribution in [-0.4, -0.2) is 75.5 Å². The average Bonchev–Trinajstić information content (AvgIpc) is 3.22. The Morgan fingerprint density at radius 1 is 1.12 bits per heavy atom.